The first-order chi connectivity index (χ1) is 20.2. The maximum Gasteiger partial charge on any atom is 0.321 e. The van der Waals surface area contributed by atoms with Crippen molar-refractivity contribution in [1.82, 2.24) is 9.80 Å². The standard InChI is InChI=1S/C32H44N4O6/c1-21-18-36(22(2)20-37)30(38)17-24-16-26(33-31(39)23-8-6-5-7-9-23)12-15-28(24)42-29(21)19-35(3)32(40)34-25-10-13-27(41-4)14-11-25/h10-16,21-23,29,37H,5-9,17-20H2,1-4H3,(H,33,39)(H,34,40)/t21-,22-,29-/m1/s1. The molecule has 1 aliphatic carbocycles. The highest BCUT2D eigenvalue weighted by Crippen LogP contribution is 2.31. The summed E-state index contributed by atoms with van der Waals surface area (Å²) in [5.41, 5.74) is 1.92. The van der Waals surface area contributed by atoms with Gasteiger partial charge in [-0.1, -0.05) is 26.2 Å². The van der Waals surface area contributed by atoms with Crippen LogP contribution < -0.4 is 20.1 Å². The van der Waals surface area contributed by atoms with Crippen molar-refractivity contribution in [3.05, 3.63) is 48.0 Å². The Morgan fingerprint density at radius 1 is 1.10 bits per heavy atom. The van der Waals surface area contributed by atoms with E-state index in [0.717, 1.165) is 25.7 Å². The van der Waals surface area contributed by atoms with Gasteiger partial charge < -0.3 is 35.0 Å². The number of aliphatic hydroxyl groups excluding tert-OH is 1. The molecule has 3 atom stereocenters. The predicted octanol–water partition coefficient (Wildman–Crippen LogP) is 4.53. The molecular formula is C32H44N4O6. The number of aliphatic hydroxyl groups is 1. The van der Waals surface area contributed by atoms with E-state index in [4.69, 9.17) is 9.47 Å². The molecule has 228 valence electrons. The van der Waals surface area contributed by atoms with Crippen LogP contribution in [-0.4, -0.2) is 78.8 Å². The Balaban J connectivity index is 1.54. The second-order valence-electron chi connectivity index (χ2n) is 11.6. The first-order valence-electron chi connectivity index (χ1n) is 14.9. The molecule has 1 heterocycles. The number of carbonyl (C=O) groups excluding carboxylic acids is 3. The minimum Gasteiger partial charge on any atom is -0.497 e. The number of rotatable bonds is 8. The summed E-state index contributed by atoms with van der Waals surface area (Å²) in [6, 6.07) is 11.8. The van der Waals surface area contributed by atoms with Crippen LogP contribution in [-0.2, 0) is 16.0 Å². The Kier molecular flexibility index (Phi) is 10.7. The highest BCUT2D eigenvalue weighted by atomic mass is 16.5. The van der Waals surface area contributed by atoms with Gasteiger partial charge in [0.05, 0.1) is 32.7 Å². The van der Waals surface area contributed by atoms with Crippen LogP contribution in [0.15, 0.2) is 42.5 Å². The number of methoxy groups -OCH3 is 1. The zero-order valence-electron chi connectivity index (χ0n) is 25.1. The van der Waals surface area contributed by atoms with Gasteiger partial charge in [0, 0.05) is 42.4 Å². The average Bonchev–Trinajstić information content (AvgIpc) is 3.04. The number of fused-ring (bicyclic) bond motifs is 1. The number of hydrogen-bond donors (Lipinski definition) is 3. The fraction of sp³-hybridized carbons (Fsp3) is 0.531. The number of anilines is 2. The van der Waals surface area contributed by atoms with Crippen molar-refractivity contribution in [2.75, 3.05) is 44.5 Å². The van der Waals surface area contributed by atoms with Crippen molar-refractivity contribution in [2.24, 2.45) is 11.8 Å². The summed E-state index contributed by atoms with van der Waals surface area (Å²) in [6.45, 7) is 4.25. The van der Waals surface area contributed by atoms with Crippen LogP contribution in [0.2, 0.25) is 0 Å². The third-order valence-electron chi connectivity index (χ3n) is 8.30. The third kappa shape index (κ3) is 7.94. The van der Waals surface area contributed by atoms with Gasteiger partial charge in [0.1, 0.15) is 17.6 Å². The largest absolute Gasteiger partial charge is 0.497 e. The first-order valence-corrected chi connectivity index (χ1v) is 14.9. The first kappa shape index (κ1) is 31.2. The van der Waals surface area contributed by atoms with Gasteiger partial charge in [-0.25, -0.2) is 4.79 Å². The molecule has 2 aliphatic rings. The molecule has 0 spiro atoms. The molecule has 4 amide bonds. The molecule has 2 aromatic rings. The maximum atomic E-state index is 13.5. The van der Waals surface area contributed by atoms with Gasteiger partial charge in [-0.2, -0.15) is 0 Å². The van der Waals surface area contributed by atoms with Crippen molar-refractivity contribution >= 4 is 29.2 Å². The molecule has 0 bridgehead atoms. The number of urea groups is 1. The van der Waals surface area contributed by atoms with E-state index in [1.165, 1.54) is 6.42 Å². The summed E-state index contributed by atoms with van der Waals surface area (Å²) < 4.78 is 11.7. The molecule has 4 rings (SSSR count). The lowest BCUT2D eigenvalue weighted by Crippen LogP contribution is -2.48. The van der Waals surface area contributed by atoms with Gasteiger partial charge in [-0.05, 0) is 62.2 Å². The van der Waals surface area contributed by atoms with E-state index in [9.17, 15) is 19.5 Å². The van der Waals surface area contributed by atoms with E-state index in [0.29, 0.717) is 35.0 Å². The van der Waals surface area contributed by atoms with E-state index in [-0.39, 0.29) is 55.3 Å². The van der Waals surface area contributed by atoms with Crippen molar-refractivity contribution in [1.29, 1.82) is 0 Å². The van der Waals surface area contributed by atoms with Crippen LogP contribution in [0.25, 0.3) is 0 Å². The van der Waals surface area contributed by atoms with Gasteiger partial charge in [0.25, 0.3) is 0 Å². The third-order valence-corrected chi connectivity index (χ3v) is 8.30. The van der Waals surface area contributed by atoms with E-state index in [1.807, 2.05) is 19.9 Å². The minimum absolute atomic E-state index is 0.00701. The summed E-state index contributed by atoms with van der Waals surface area (Å²) in [7, 11) is 3.29. The van der Waals surface area contributed by atoms with E-state index in [2.05, 4.69) is 10.6 Å². The normalized spacial score (nSPS) is 20.2. The highest BCUT2D eigenvalue weighted by Gasteiger charge is 2.32. The monoisotopic (exact) mass is 580 g/mol. The maximum absolute atomic E-state index is 13.5. The summed E-state index contributed by atoms with van der Waals surface area (Å²) in [5, 5.41) is 15.8. The Hall–Kier alpha value is -3.79. The van der Waals surface area contributed by atoms with E-state index >= 15 is 0 Å². The zero-order valence-corrected chi connectivity index (χ0v) is 25.1. The zero-order chi connectivity index (χ0) is 30.2. The molecule has 10 heteroatoms. The highest BCUT2D eigenvalue weighted by molar-refractivity contribution is 5.93. The van der Waals surface area contributed by atoms with E-state index < -0.39 is 6.10 Å². The molecule has 1 aliphatic heterocycles. The second kappa shape index (κ2) is 14.4. The molecule has 1 saturated carbocycles. The number of likely N-dealkylation sites (N-methyl/N-ethyl adjacent to an activating group) is 1. The number of carbonyl (C=O) groups is 3. The number of benzene rings is 2. The number of nitrogens with one attached hydrogen (secondary N) is 2. The fourth-order valence-corrected chi connectivity index (χ4v) is 5.58. The molecule has 0 saturated heterocycles. The van der Waals surface area contributed by atoms with Crippen LogP contribution in [0, 0.1) is 11.8 Å². The van der Waals surface area contributed by atoms with Gasteiger partial charge in [0.15, 0.2) is 0 Å². The molecule has 2 aromatic carbocycles. The predicted molar refractivity (Wildman–Crippen MR) is 162 cm³/mol. The van der Waals surface area contributed by atoms with Crippen LogP contribution in [0.5, 0.6) is 11.5 Å². The molecule has 1 fully saturated rings. The molecule has 42 heavy (non-hydrogen) atoms. The number of ether oxygens (including phenoxy) is 2. The van der Waals surface area contributed by atoms with Crippen molar-refractivity contribution in [3.63, 3.8) is 0 Å². The number of hydrogen-bond acceptors (Lipinski definition) is 6. The van der Waals surface area contributed by atoms with Crippen LogP contribution in [0.3, 0.4) is 0 Å². The van der Waals surface area contributed by atoms with Gasteiger partial charge in [-0.3, -0.25) is 9.59 Å². The summed E-state index contributed by atoms with van der Waals surface area (Å²) in [5.74, 6) is 0.967. The Bertz CT molecular complexity index is 1230. The minimum atomic E-state index is -0.447. The fourth-order valence-electron chi connectivity index (χ4n) is 5.58. The van der Waals surface area contributed by atoms with Crippen molar-refractivity contribution < 1.29 is 29.0 Å². The second-order valence-corrected chi connectivity index (χ2v) is 11.6. The Morgan fingerprint density at radius 3 is 2.45 bits per heavy atom. The summed E-state index contributed by atoms with van der Waals surface area (Å²) in [6.07, 6.45) is 4.71. The van der Waals surface area contributed by atoms with Gasteiger partial charge in [0.2, 0.25) is 11.8 Å². The molecule has 10 nitrogen and oxygen atoms in total. The molecule has 0 unspecified atom stereocenters. The number of nitrogens with zero attached hydrogens (tertiary/aromatic N) is 2. The van der Waals surface area contributed by atoms with Crippen LogP contribution in [0.1, 0.15) is 51.5 Å². The van der Waals surface area contributed by atoms with Gasteiger partial charge >= 0.3 is 6.03 Å². The Labute approximate surface area is 248 Å². The lowest BCUT2D eigenvalue weighted by Gasteiger charge is -2.34. The topological polar surface area (TPSA) is 120 Å². The molecule has 3 N–H and O–H groups in total. The smallest absolute Gasteiger partial charge is 0.321 e. The summed E-state index contributed by atoms with van der Waals surface area (Å²) >= 11 is 0. The average molecular weight is 581 g/mol. The van der Waals surface area contributed by atoms with E-state index in [1.54, 1.807) is 60.4 Å². The Morgan fingerprint density at radius 2 is 1.79 bits per heavy atom. The van der Waals surface area contributed by atoms with Crippen molar-refractivity contribution in [2.45, 2.75) is 64.5 Å². The van der Waals surface area contributed by atoms with Crippen molar-refractivity contribution in [3.8, 4) is 11.5 Å². The summed E-state index contributed by atoms with van der Waals surface area (Å²) in [4.78, 5) is 42.7. The number of amides is 4. The molecular weight excluding hydrogens is 536 g/mol. The quantitative estimate of drug-likeness (QED) is 0.422. The lowest BCUT2D eigenvalue weighted by atomic mass is 9.88. The lowest BCUT2D eigenvalue weighted by molar-refractivity contribution is -0.134. The SMILES string of the molecule is COc1ccc(NC(=O)N(C)C[C@H]2Oc3ccc(NC(=O)C4CCCCC4)cc3CC(=O)N([C@H](C)CO)C[C@H]2C)cc1. The molecule has 0 radical (unpaired) electrons. The van der Waals surface area contributed by atoms with Gasteiger partial charge in [-0.15, -0.1) is 0 Å². The van der Waals surface area contributed by atoms with Crippen LogP contribution in [0.4, 0.5) is 16.2 Å². The molecule has 0 aromatic heterocycles. The van der Waals surface area contributed by atoms with Crippen LogP contribution >= 0.6 is 0 Å².